The SMILES string of the molecule is CCNC(CCSC)c1cnc2ccccc2c1. The lowest BCUT2D eigenvalue weighted by atomic mass is 10.0. The van der Waals surface area contributed by atoms with Gasteiger partial charge in [-0.05, 0) is 42.7 Å². The van der Waals surface area contributed by atoms with Crippen molar-refractivity contribution in [2.75, 3.05) is 18.6 Å². The molecule has 0 aliphatic carbocycles. The number of para-hydroxylation sites is 1. The smallest absolute Gasteiger partial charge is 0.0702 e. The van der Waals surface area contributed by atoms with Gasteiger partial charge in [-0.15, -0.1) is 0 Å². The number of nitrogens with zero attached hydrogens (tertiary/aromatic N) is 1. The Bertz CT molecular complexity index is 499. The molecule has 2 aromatic rings. The molecule has 0 aliphatic heterocycles. The van der Waals surface area contributed by atoms with Crippen LogP contribution in [0.5, 0.6) is 0 Å². The largest absolute Gasteiger partial charge is 0.310 e. The lowest BCUT2D eigenvalue weighted by molar-refractivity contribution is 0.540. The summed E-state index contributed by atoms with van der Waals surface area (Å²) in [4.78, 5) is 4.55. The normalized spacial score (nSPS) is 12.8. The molecule has 18 heavy (non-hydrogen) atoms. The van der Waals surface area contributed by atoms with E-state index in [9.17, 15) is 0 Å². The van der Waals surface area contributed by atoms with Crippen molar-refractivity contribution in [2.24, 2.45) is 0 Å². The number of hydrogen-bond acceptors (Lipinski definition) is 3. The highest BCUT2D eigenvalue weighted by molar-refractivity contribution is 7.98. The predicted molar refractivity (Wildman–Crippen MR) is 81.2 cm³/mol. The molecule has 2 nitrogen and oxygen atoms in total. The molecule has 0 saturated heterocycles. The number of benzene rings is 1. The second kappa shape index (κ2) is 6.76. The highest BCUT2D eigenvalue weighted by Gasteiger charge is 2.10. The van der Waals surface area contributed by atoms with Gasteiger partial charge < -0.3 is 5.32 Å². The lowest BCUT2D eigenvalue weighted by Gasteiger charge is -2.18. The average Bonchev–Trinajstić information content (AvgIpc) is 2.43. The van der Waals surface area contributed by atoms with Crippen molar-refractivity contribution in [3.8, 4) is 0 Å². The van der Waals surface area contributed by atoms with Crippen LogP contribution in [-0.2, 0) is 0 Å². The van der Waals surface area contributed by atoms with Crippen molar-refractivity contribution in [3.63, 3.8) is 0 Å². The maximum absolute atomic E-state index is 4.55. The second-order valence-corrected chi connectivity index (χ2v) is 5.34. The molecule has 0 spiro atoms. The number of aromatic nitrogens is 1. The first-order valence-electron chi connectivity index (χ1n) is 6.42. The molecular weight excluding hydrogens is 240 g/mol. The third kappa shape index (κ3) is 3.24. The van der Waals surface area contributed by atoms with Gasteiger partial charge in [0, 0.05) is 17.6 Å². The third-order valence-corrected chi connectivity index (χ3v) is 3.72. The summed E-state index contributed by atoms with van der Waals surface area (Å²) in [5.41, 5.74) is 2.37. The highest BCUT2D eigenvalue weighted by atomic mass is 32.2. The van der Waals surface area contributed by atoms with Gasteiger partial charge in [-0.2, -0.15) is 11.8 Å². The first-order chi connectivity index (χ1) is 8.85. The van der Waals surface area contributed by atoms with Crippen LogP contribution in [0.15, 0.2) is 36.5 Å². The van der Waals surface area contributed by atoms with E-state index in [-0.39, 0.29) is 0 Å². The zero-order valence-electron chi connectivity index (χ0n) is 11.0. The summed E-state index contributed by atoms with van der Waals surface area (Å²) in [6.45, 7) is 3.15. The van der Waals surface area contributed by atoms with E-state index in [2.05, 4.69) is 47.7 Å². The van der Waals surface area contributed by atoms with Crippen LogP contribution in [0.1, 0.15) is 24.9 Å². The van der Waals surface area contributed by atoms with Crippen molar-refractivity contribution in [2.45, 2.75) is 19.4 Å². The standard InChI is InChI=1S/C15H20N2S/c1-3-16-15(8-9-18-2)13-10-12-6-4-5-7-14(12)17-11-13/h4-7,10-11,15-16H,3,8-9H2,1-2H3. The summed E-state index contributed by atoms with van der Waals surface area (Å²) in [5, 5.41) is 4.77. The van der Waals surface area contributed by atoms with Crippen LogP contribution in [0.2, 0.25) is 0 Å². The Kier molecular flexibility index (Phi) is 5.02. The summed E-state index contributed by atoms with van der Waals surface area (Å²) in [5.74, 6) is 1.17. The van der Waals surface area contributed by atoms with Crippen molar-refractivity contribution in [3.05, 3.63) is 42.1 Å². The van der Waals surface area contributed by atoms with E-state index in [1.54, 1.807) is 0 Å². The van der Waals surface area contributed by atoms with E-state index in [0.717, 1.165) is 18.5 Å². The molecule has 0 aliphatic rings. The van der Waals surface area contributed by atoms with Crippen LogP contribution in [0.4, 0.5) is 0 Å². The molecule has 0 radical (unpaired) electrons. The Labute approximate surface area is 113 Å². The van der Waals surface area contributed by atoms with E-state index in [1.165, 1.54) is 16.7 Å². The van der Waals surface area contributed by atoms with E-state index >= 15 is 0 Å². The van der Waals surface area contributed by atoms with Crippen LogP contribution in [-0.4, -0.2) is 23.5 Å². The summed E-state index contributed by atoms with van der Waals surface area (Å²) >= 11 is 1.89. The molecule has 3 heteroatoms. The maximum atomic E-state index is 4.55. The summed E-state index contributed by atoms with van der Waals surface area (Å²) in [6, 6.07) is 11.0. The topological polar surface area (TPSA) is 24.9 Å². The van der Waals surface area contributed by atoms with Gasteiger partial charge in [0.2, 0.25) is 0 Å². The van der Waals surface area contributed by atoms with Crippen LogP contribution in [0.3, 0.4) is 0 Å². The van der Waals surface area contributed by atoms with Crippen LogP contribution in [0.25, 0.3) is 10.9 Å². The highest BCUT2D eigenvalue weighted by Crippen LogP contribution is 2.21. The molecule has 2 rings (SSSR count). The van der Waals surface area contributed by atoms with Gasteiger partial charge in [-0.1, -0.05) is 25.1 Å². The molecule has 0 bridgehead atoms. The van der Waals surface area contributed by atoms with Gasteiger partial charge in [0.25, 0.3) is 0 Å². The number of rotatable bonds is 6. The average molecular weight is 260 g/mol. The lowest BCUT2D eigenvalue weighted by Crippen LogP contribution is -2.21. The molecule has 96 valence electrons. The third-order valence-electron chi connectivity index (χ3n) is 3.08. The molecule has 1 atom stereocenters. The van der Waals surface area contributed by atoms with Gasteiger partial charge in [0.05, 0.1) is 5.52 Å². The number of fused-ring (bicyclic) bond motifs is 1. The minimum atomic E-state index is 0.416. The quantitative estimate of drug-likeness (QED) is 0.858. The van der Waals surface area contributed by atoms with Gasteiger partial charge in [0.1, 0.15) is 0 Å². The minimum absolute atomic E-state index is 0.416. The molecule has 1 aromatic heterocycles. The molecule has 1 heterocycles. The molecule has 1 unspecified atom stereocenters. The number of pyridine rings is 1. The molecule has 0 amide bonds. The number of nitrogens with one attached hydrogen (secondary N) is 1. The first kappa shape index (κ1) is 13.4. The molecule has 0 saturated carbocycles. The van der Waals surface area contributed by atoms with Crippen molar-refractivity contribution >= 4 is 22.7 Å². The van der Waals surface area contributed by atoms with Crippen molar-refractivity contribution < 1.29 is 0 Å². The Morgan fingerprint density at radius 3 is 2.94 bits per heavy atom. The first-order valence-corrected chi connectivity index (χ1v) is 7.81. The minimum Gasteiger partial charge on any atom is -0.310 e. The second-order valence-electron chi connectivity index (χ2n) is 4.35. The number of hydrogen-bond donors (Lipinski definition) is 1. The Morgan fingerprint density at radius 1 is 1.33 bits per heavy atom. The maximum Gasteiger partial charge on any atom is 0.0702 e. The molecular formula is C15H20N2S. The van der Waals surface area contributed by atoms with E-state index in [1.807, 2.05) is 24.0 Å². The zero-order chi connectivity index (χ0) is 12.8. The zero-order valence-corrected chi connectivity index (χ0v) is 11.8. The van der Waals surface area contributed by atoms with E-state index in [0.29, 0.717) is 6.04 Å². The molecule has 1 aromatic carbocycles. The van der Waals surface area contributed by atoms with E-state index < -0.39 is 0 Å². The van der Waals surface area contributed by atoms with Gasteiger partial charge in [-0.3, -0.25) is 4.98 Å². The predicted octanol–water partition coefficient (Wildman–Crippen LogP) is 3.64. The van der Waals surface area contributed by atoms with Crippen LogP contribution < -0.4 is 5.32 Å². The Balaban J connectivity index is 2.25. The number of thioether (sulfide) groups is 1. The fraction of sp³-hybridized carbons (Fsp3) is 0.400. The fourth-order valence-electron chi connectivity index (χ4n) is 2.15. The summed E-state index contributed by atoms with van der Waals surface area (Å²) in [6.07, 6.45) is 5.31. The fourth-order valence-corrected chi connectivity index (χ4v) is 2.62. The monoisotopic (exact) mass is 260 g/mol. The summed E-state index contributed by atoms with van der Waals surface area (Å²) in [7, 11) is 0. The Morgan fingerprint density at radius 2 is 2.17 bits per heavy atom. The van der Waals surface area contributed by atoms with Crippen LogP contribution in [0, 0.1) is 0 Å². The van der Waals surface area contributed by atoms with Gasteiger partial charge in [-0.25, -0.2) is 0 Å². The van der Waals surface area contributed by atoms with E-state index in [4.69, 9.17) is 0 Å². The summed E-state index contributed by atoms with van der Waals surface area (Å²) < 4.78 is 0. The Hall–Kier alpha value is -1.06. The van der Waals surface area contributed by atoms with Gasteiger partial charge >= 0.3 is 0 Å². The van der Waals surface area contributed by atoms with Crippen molar-refractivity contribution in [1.82, 2.24) is 10.3 Å². The molecule has 1 N–H and O–H groups in total. The molecule has 0 fully saturated rings. The van der Waals surface area contributed by atoms with Crippen molar-refractivity contribution in [1.29, 1.82) is 0 Å². The van der Waals surface area contributed by atoms with Crippen LogP contribution >= 0.6 is 11.8 Å². The van der Waals surface area contributed by atoms with Gasteiger partial charge in [0.15, 0.2) is 0 Å².